The van der Waals surface area contributed by atoms with Crippen molar-refractivity contribution in [2.24, 2.45) is 5.92 Å². The maximum atomic E-state index is 11.6. The van der Waals surface area contributed by atoms with E-state index in [1.807, 2.05) is 24.3 Å². The predicted molar refractivity (Wildman–Crippen MR) is 93.0 cm³/mol. The lowest BCUT2D eigenvalue weighted by atomic mass is 9.97. The van der Waals surface area contributed by atoms with Gasteiger partial charge in [-0.15, -0.1) is 0 Å². The van der Waals surface area contributed by atoms with Crippen LogP contribution in [0.1, 0.15) is 12.8 Å². The summed E-state index contributed by atoms with van der Waals surface area (Å²) in [6.07, 6.45) is 1.57. The minimum absolute atomic E-state index is 0.01000. The van der Waals surface area contributed by atoms with Crippen molar-refractivity contribution in [2.45, 2.75) is 19.5 Å². The van der Waals surface area contributed by atoms with Crippen molar-refractivity contribution in [3.63, 3.8) is 0 Å². The molecule has 0 radical (unpaired) electrons. The molecule has 1 aromatic carbocycles. The summed E-state index contributed by atoms with van der Waals surface area (Å²) in [4.78, 5) is 13.8. The Labute approximate surface area is 150 Å². The molecule has 0 unspecified atom stereocenters. The van der Waals surface area contributed by atoms with Gasteiger partial charge in [-0.1, -0.05) is 0 Å². The van der Waals surface area contributed by atoms with Gasteiger partial charge in [-0.3, -0.25) is 9.69 Å². The van der Waals surface area contributed by atoms with E-state index in [1.54, 1.807) is 16.5 Å². The number of rotatable bonds is 5. The second kappa shape index (κ2) is 7.75. The van der Waals surface area contributed by atoms with Crippen molar-refractivity contribution in [3.8, 4) is 11.4 Å². The Bertz CT molecular complexity index is 778. The van der Waals surface area contributed by atoms with Gasteiger partial charge in [0.2, 0.25) is 4.77 Å². The Morgan fingerprint density at radius 3 is 2.48 bits per heavy atom. The van der Waals surface area contributed by atoms with Crippen molar-refractivity contribution in [1.82, 2.24) is 24.7 Å². The molecule has 0 aliphatic carbocycles. The summed E-state index contributed by atoms with van der Waals surface area (Å²) in [5, 5.41) is 8.31. The van der Waals surface area contributed by atoms with E-state index >= 15 is 0 Å². The number of tetrazole rings is 1. The molecule has 2 heterocycles. The number of methoxy groups -OCH3 is 2. The van der Waals surface area contributed by atoms with Gasteiger partial charge in [0.15, 0.2) is 0 Å². The molecule has 8 nitrogen and oxygen atoms in total. The summed E-state index contributed by atoms with van der Waals surface area (Å²) in [5.74, 6) is 0.641. The number of hydrogen-bond donors (Lipinski definition) is 0. The van der Waals surface area contributed by atoms with Gasteiger partial charge in [-0.2, -0.15) is 4.68 Å². The quantitative estimate of drug-likeness (QED) is 0.591. The summed E-state index contributed by atoms with van der Waals surface area (Å²) < 4.78 is 13.8. The average molecular weight is 363 g/mol. The molecule has 1 aliphatic heterocycles. The molecule has 0 atom stereocenters. The highest BCUT2D eigenvalue weighted by atomic mass is 32.1. The first-order valence-corrected chi connectivity index (χ1v) is 8.50. The fourth-order valence-electron chi connectivity index (χ4n) is 2.91. The summed E-state index contributed by atoms with van der Waals surface area (Å²) in [7, 11) is 3.06. The van der Waals surface area contributed by atoms with E-state index in [0.717, 1.165) is 37.4 Å². The molecule has 1 aliphatic rings. The molecule has 0 saturated carbocycles. The zero-order valence-corrected chi connectivity index (χ0v) is 15.1. The molecule has 1 aromatic heterocycles. The monoisotopic (exact) mass is 363 g/mol. The number of ether oxygens (including phenoxy) is 2. The first-order valence-electron chi connectivity index (χ1n) is 8.10. The molecule has 1 saturated heterocycles. The fourth-order valence-corrected chi connectivity index (χ4v) is 3.15. The fraction of sp³-hybridized carbons (Fsp3) is 0.500. The minimum atomic E-state index is -0.123. The molecule has 0 spiro atoms. The van der Waals surface area contributed by atoms with Crippen LogP contribution in [0, 0.1) is 10.7 Å². The molecule has 3 rings (SSSR count). The molecule has 9 heteroatoms. The number of benzene rings is 1. The molecule has 0 N–H and O–H groups in total. The van der Waals surface area contributed by atoms with Gasteiger partial charge in [-0.05, 0) is 59.8 Å². The van der Waals surface area contributed by atoms with Crippen LogP contribution < -0.4 is 4.74 Å². The lowest BCUT2D eigenvalue weighted by molar-refractivity contribution is -0.147. The number of hydrogen-bond acceptors (Lipinski definition) is 7. The van der Waals surface area contributed by atoms with Gasteiger partial charge >= 0.3 is 5.97 Å². The highest BCUT2D eigenvalue weighted by Gasteiger charge is 2.26. The molecular weight excluding hydrogens is 342 g/mol. The van der Waals surface area contributed by atoms with E-state index in [4.69, 9.17) is 21.7 Å². The number of nitrogens with zero attached hydrogens (tertiary/aromatic N) is 5. The number of carbonyl (C=O) groups excluding carboxylic acids is 1. The third-order valence-corrected chi connectivity index (χ3v) is 4.80. The highest BCUT2D eigenvalue weighted by molar-refractivity contribution is 7.71. The third kappa shape index (κ3) is 3.88. The molecule has 2 aromatic rings. The van der Waals surface area contributed by atoms with Gasteiger partial charge < -0.3 is 9.47 Å². The van der Waals surface area contributed by atoms with E-state index in [0.29, 0.717) is 11.4 Å². The van der Waals surface area contributed by atoms with E-state index in [-0.39, 0.29) is 11.9 Å². The Hall–Kier alpha value is -2.26. The van der Waals surface area contributed by atoms with Crippen LogP contribution in [-0.4, -0.2) is 58.0 Å². The Kier molecular flexibility index (Phi) is 5.44. The van der Waals surface area contributed by atoms with Gasteiger partial charge in [0.25, 0.3) is 0 Å². The lowest BCUT2D eigenvalue weighted by Crippen LogP contribution is -2.38. The zero-order chi connectivity index (χ0) is 17.8. The second-order valence-electron chi connectivity index (χ2n) is 5.93. The largest absolute Gasteiger partial charge is 0.497 e. The van der Waals surface area contributed by atoms with Crippen LogP contribution in [0.25, 0.3) is 5.69 Å². The number of esters is 1. The summed E-state index contributed by atoms with van der Waals surface area (Å²) in [6, 6.07) is 7.48. The topological polar surface area (TPSA) is 74.4 Å². The van der Waals surface area contributed by atoms with Gasteiger partial charge in [-0.25, -0.2) is 4.68 Å². The van der Waals surface area contributed by atoms with Crippen molar-refractivity contribution in [2.75, 3.05) is 27.3 Å². The minimum Gasteiger partial charge on any atom is -0.497 e. The number of likely N-dealkylation sites (tertiary alicyclic amines) is 1. The number of piperidine rings is 1. The molecule has 134 valence electrons. The van der Waals surface area contributed by atoms with E-state index in [9.17, 15) is 4.79 Å². The first-order chi connectivity index (χ1) is 12.1. The summed E-state index contributed by atoms with van der Waals surface area (Å²) in [6.45, 7) is 2.16. The highest BCUT2D eigenvalue weighted by Crippen LogP contribution is 2.19. The van der Waals surface area contributed by atoms with E-state index in [1.165, 1.54) is 7.11 Å². The molecule has 0 bridgehead atoms. The van der Waals surface area contributed by atoms with Crippen LogP contribution in [0.3, 0.4) is 0 Å². The van der Waals surface area contributed by atoms with Crippen molar-refractivity contribution in [1.29, 1.82) is 0 Å². The lowest BCUT2D eigenvalue weighted by Gasteiger charge is -2.29. The van der Waals surface area contributed by atoms with E-state index < -0.39 is 0 Å². The molecule has 25 heavy (non-hydrogen) atoms. The van der Waals surface area contributed by atoms with Crippen LogP contribution in [0.2, 0.25) is 0 Å². The van der Waals surface area contributed by atoms with Crippen molar-refractivity contribution in [3.05, 3.63) is 29.0 Å². The van der Waals surface area contributed by atoms with Crippen LogP contribution in [0.4, 0.5) is 0 Å². The second-order valence-corrected chi connectivity index (χ2v) is 6.29. The number of aromatic nitrogens is 4. The van der Waals surface area contributed by atoms with Gasteiger partial charge in [0.1, 0.15) is 5.75 Å². The van der Waals surface area contributed by atoms with Crippen LogP contribution in [-0.2, 0) is 16.2 Å². The Morgan fingerprint density at radius 1 is 1.20 bits per heavy atom. The Morgan fingerprint density at radius 2 is 1.88 bits per heavy atom. The van der Waals surface area contributed by atoms with Crippen molar-refractivity contribution >= 4 is 18.2 Å². The van der Waals surface area contributed by atoms with Crippen molar-refractivity contribution < 1.29 is 14.3 Å². The normalized spacial score (nSPS) is 15.9. The standard InChI is InChI=1S/C16H21N5O3S/c1-23-14-5-3-13(4-6-14)21-16(25)20(17-18-21)11-19-9-7-12(8-10-19)15(22)24-2/h3-6,12H,7-11H2,1-2H3. The van der Waals surface area contributed by atoms with Crippen LogP contribution in [0.5, 0.6) is 5.75 Å². The third-order valence-electron chi connectivity index (χ3n) is 4.41. The molecule has 0 amide bonds. The SMILES string of the molecule is COC(=O)C1CCN(Cn2nnn(-c3ccc(OC)cc3)c2=S)CC1. The van der Waals surface area contributed by atoms with Crippen LogP contribution in [0.15, 0.2) is 24.3 Å². The zero-order valence-electron chi connectivity index (χ0n) is 14.3. The maximum absolute atomic E-state index is 11.6. The van der Waals surface area contributed by atoms with E-state index in [2.05, 4.69) is 15.3 Å². The Balaban J connectivity index is 1.66. The summed E-state index contributed by atoms with van der Waals surface area (Å²) >= 11 is 5.49. The number of carbonyl (C=O) groups is 1. The average Bonchev–Trinajstić information content (AvgIpc) is 3.02. The van der Waals surface area contributed by atoms with Crippen LogP contribution >= 0.6 is 12.2 Å². The smallest absolute Gasteiger partial charge is 0.308 e. The maximum Gasteiger partial charge on any atom is 0.308 e. The molecule has 1 fully saturated rings. The first kappa shape index (κ1) is 17.6. The summed E-state index contributed by atoms with van der Waals surface area (Å²) in [5.41, 5.74) is 0.835. The van der Waals surface area contributed by atoms with Gasteiger partial charge in [0, 0.05) is 13.1 Å². The predicted octanol–water partition coefficient (Wildman–Crippen LogP) is 1.65. The molecular formula is C16H21N5O3S. The van der Waals surface area contributed by atoms with Gasteiger partial charge in [0.05, 0.1) is 32.5 Å².